The van der Waals surface area contributed by atoms with Crippen LogP contribution in [0.3, 0.4) is 0 Å². The quantitative estimate of drug-likeness (QED) is 0.609. The maximum atomic E-state index is 10.6. The van der Waals surface area contributed by atoms with Crippen molar-refractivity contribution in [2.45, 2.75) is 32.6 Å². The molecule has 0 aromatic heterocycles. The highest BCUT2D eigenvalue weighted by Gasteiger charge is 2.13. The number of benzene rings is 2. The third-order valence-corrected chi connectivity index (χ3v) is 3.35. The zero-order valence-corrected chi connectivity index (χ0v) is 12.1. The van der Waals surface area contributed by atoms with Gasteiger partial charge >= 0.3 is 0 Å². The van der Waals surface area contributed by atoms with Gasteiger partial charge < -0.3 is 0 Å². The Bertz CT molecular complexity index is 610. The van der Waals surface area contributed by atoms with Gasteiger partial charge in [-0.05, 0) is 28.5 Å². The Labute approximate surface area is 119 Å². The van der Waals surface area contributed by atoms with Gasteiger partial charge in [0.15, 0.2) is 0 Å². The molecule has 3 heteroatoms. The van der Waals surface area contributed by atoms with Crippen LogP contribution in [0.1, 0.15) is 37.5 Å². The monoisotopic (exact) mass is 269 g/mol. The van der Waals surface area contributed by atoms with E-state index in [0.29, 0.717) is 0 Å². The van der Waals surface area contributed by atoms with E-state index in [1.807, 2.05) is 12.1 Å². The highest BCUT2D eigenvalue weighted by molar-refractivity contribution is 5.37. The fourth-order valence-electron chi connectivity index (χ4n) is 2.12. The lowest BCUT2D eigenvalue weighted by Gasteiger charge is -2.19. The summed E-state index contributed by atoms with van der Waals surface area (Å²) in [6, 6.07) is 15.3. The Morgan fingerprint density at radius 1 is 1.00 bits per heavy atom. The number of hydrogen-bond donors (Lipinski definition) is 0. The molecule has 0 spiro atoms. The molecule has 2 rings (SSSR count). The molecule has 104 valence electrons. The van der Waals surface area contributed by atoms with Gasteiger partial charge in [-0.25, -0.2) is 0 Å². The summed E-state index contributed by atoms with van der Waals surface area (Å²) in [5, 5.41) is 10.6. The minimum atomic E-state index is -0.371. The summed E-state index contributed by atoms with van der Waals surface area (Å²) in [6.45, 7) is 6.58. The van der Waals surface area contributed by atoms with E-state index in [2.05, 4.69) is 45.0 Å². The average Bonchev–Trinajstić information content (AvgIpc) is 2.38. The summed E-state index contributed by atoms with van der Waals surface area (Å²) in [5.74, 6) is 0. The van der Waals surface area contributed by atoms with Crippen LogP contribution in [0.15, 0.2) is 48.5 Å². The summed E-state index contributed by atoms with van der Waals surface area (Å²) in [5.41, 5.74) is 3.88. The molecule has 2 aromatic carbocycles. The molecule has 0 saturated carbocycles. The summed E-state index contributed by atoms with van der Waals surface area (Å²) < 4.78 is 0. The van der Waals surface area contributed by atoms with Crippen molar-refractivity contribution in [1.82, 2.24) is 0 Å². The summed E-state index contributed by atoms with van der Waals surface area (Å²) in [6.07, 6.45) is 0.794. The average molecular weight is 269 g/mol. The van der Waals surface area contributed by atoms with Crippen LogP contribution in [0, 0.1) is 10.1 Å². The topological polar surface area (TPSA) is 43.1 Å². The molecule has 0 saturated heterocycles. The van der Waals surface area contributed by atoms with Gasteiger partial charge in [0.2, 0.25) is 0 Å². The molecule has 3 nitrogen and oxygen atoms in total. The van der Waals surface area contributed by atoms with E-state index in [-0.39, 0.29) is 16.0 Å². The van der Waals surface area contributed by atoms with E-state index in [1.54, 1.807) is 12.1 Å². The van der Waals surface area contributed by atoms with Crippen molar-refractivity contribution in [1.29, 1.82) is 0 Å². The lowest BCUT2D eigenvalue weighted by molar-refractivity contribution is -0.384. The lowest BCUT2D eigenvalue weighted by atomic mass is 9.85. The number of non-ortho nitro benzene ring substituents is 1. The normalized spacial score (nSPS) is 11.3. The zero-order valence-electron chi connectivity index (χ0n) is 12.1. The Kier molecular flexibility index (Phi) is 3.89. The van der Waals surface area contributed by atoms with E-state index in [4.69, 9.17) is 0 Å². The molecule has 0 aliphatic heterocycles. The number of nitro groups is 1. The van der Waals surface area contributed by atoms with E-state index in [1.165, 1.54) is 11.1 Å². The molecule has 0 atom stereocenters. The van der Waals surface area contributed by atoms with Crippen LogP contribution in [-0.4, -0.2) is 4.92 Å². The molecule has 0 amide bonds. The van der Waals surface area contributed by atoms with Crippen molar-refractivity contribution in [2.24, 2.45) is 0 Å². The molecule has 20 heavy (non-hydrogen) atoms. The second-order valence-electron chi connectivity index (χ2n) is 6.05. The molecule has 0 bridgehead atoms. The predicted octanol–water partition coefficient (Wildman–Crippen LogP) is 4.48. The van der Waals surface area contributed by atoms with Crippen LogP contribution >= 0.6 is 0 Å². The Morgan fingerprint density at radius 3 is 2.20 bits per heavy atom. The van der Waals surface area contributed by atoms with Crippen molar-refractivity contribution >= 4 is 5.69 Å². The Morgan fingerprint density at radius 2 is 1.65 bits per heavy atom. The number of nitro benzene ring substituents is 1. The fraction of sp³-hybridized carbons (Fsp3) is 0.294. The molecule has 0 unspecified atom stereocenters. The lowest BCUT2D eigenvalue weighted by Crippen LogP contribution is -2.11. The van der Waals surface area contributed by atoms with E-state index in [9.17, 15) is 10.1 Å². The third-order valence-electron chi connectivity index (χ3n) is 3.35. The van der Waals surface area contributed by atoms with Crippen LogP contribution in [0.5, 0.6) is 0 Å². The smallest absolute Gasteiger partial charge is 0.258 e. The van der Waals surface area contributed by atoms with Gasteiger partial charge in [0, 0.05) is 12.1 Å². The van der Waals surface area contributed by atoms with Crippen molar-refractivity contribution < 1.29 is 4.92 Å². The van der Waals surface area contributed by atoms with Gasteiger partial charge in [0.05, 0.1) is 4.92 Å². The molecule has 0 fully saturated rings. The van der Waals surface area contributed by atoms with Gasteiger partial charge in [0.1, 0.15) is 0 Å². The largest absolute Gasteiger partial charge is 0.269 e. The minimum Gasteiger partial charge on any atom is -0.258 e. The number of rotatable bonds is 3. The van der Waals surface area contributed by atoms with Crippen LogP contribution < -0.4 is 0 Å². The molecule has 0 N–H and O–H groups in total. The molecule has 2 aromatic rings. The summed E-state index contributed by atoms with van der Waals surface area (Å²) in [4.78, 5) is 10.3. The molecular formula is C17H19NO2. The van der Waals surface area contributed by atoms with Crippen molar-refractivity contribution in [2.75, 3.05) is 0 Å². The predicted molar refractivity (Wildman–Crippen MR) is 81.0 cm³/mol. The van der Waals surface area contributed by atoms with Crippen molar-refractivity contribution in [3.8, 4) is 0 Å². The van der Waals surface area contributed by atoms with Gasteiger partial charge in [-0.3, -0.25) is 10.1 Å². The van der Waals surface area contributed by atoms with Crippen LogP contribution in [0.25, 0.3) is 0 Å². The standard InChI is InChI=1S/C17H19NO2/c1-17(2,3)15-6-4-5-14(12-15)11-13-7-9-16(10-8-13)18(19)20/h4-10,12H,11H2,1-3H3. The molecule has 0 heterocycles. The Balaban J connectivity index is 2.20. The Hall–Kier alpha value is -2.16. The number of hydrogen-bond acceptors (Lipinski definition) is 2. The second kappa shape index (κ2) is 5.45. The van der Waals surface area contributed by atoms with E-state index >= 15 is 0 Å². The maximum Gasteiger partial charge on any atom is 0.269 e. The van der Waals surface area contributed by atoms with Gasteiger partial charge in [-0.2, -0.15) is 0 Å². The minimum absolute atomic E-state index is 0.130. The van der Waals surface area contributed by atoms with Gasteiger partial charge in [-0.15, -0.1) is 0 Å². The van der Waals surface area contributed by atoms with Crippen LogP contribution in [-0.2, 0) is 11.8 Å². The fourth-order valence-corrected chi connectivity index (χ4v) is 2.12. The van der Waals surface area contributed by atoms with Gasteiger partial charge in [0.25, 0.3) is 5.69 Å². The first-order chi connectivity index (χ1) is 9.36. The van der Waals surface area contributed by atoms with E-state index < -0.39 is 0 Å². The molecule has 0 aliphatic rings. The molecular weight excluding hydrogens is 250 g/mol. The maximum absolute atomic E-state index is 10.6. The van der Waals surface area contributed by atoms with E-state index in [0.717, 1.165) is 12.0 Å². The first kappa shape index (κ1) is 14.3. The second-order valence-corrected chi connectivity index (χ2v) is 6.05. The number of nitrogens with zero attached hydrogens (tertiary/aromatic N) is 1. The first-order valence-electron chi connectivity index (χ1n) is 6.69. The third kappa shape index (κ3) is 3.44. The first-order valence-corrected chi connectivity index (χ1v) is 6.69. The van der Waals surface area contributed by atoms with Gasteiger partial charge in [-0.1, -0.05) is 57.2 Å². The summed E-state index contributed by atoms with van der Waals surface area (Å²) in [7, 11) is 0. The van der Waals surface area contributed by atoms with Crippen LogP contribution in [0.4, 0.5) is 5.69 Å². The zero-order chi connectivity index (χ0) is 14.8. The molecule has 0 aliphatic carbocycles. The SMILES string of the molecule is CC(C)(C)c1cccc(Cc2ccc([N+](=O)[O-])cc2)c1. The van der Waals surface area contributed by atoms with Crippen molar-refractivity contribution in [3.05, 3.63) is 75.3 Å². The highest BCUT2D eigenvalue weighted by Crippen LogP contribution is 2.24. The van der Waals surface area contributed by atoms with Crippen molar-refractivity contribution in [3.63, 3.8) is 0 Å². The molecule has 0 radical (unpaired) electrons. The highest BCUT2D eigenvalue weighted by atomic mass is 16.6. The van der Waals surface area contributed by atoms with Crippen LogP contribution in [0.2, 0.25) is 0 Å². The summed E-state index contributed by atoms with van der Waals surface area (Å²) >= 11 is 0.